The Morgan fingerprint density at radius 1 is 1.21 bits per heavy atom. The van der Waals surface area contributed by atoms with Gasteiger partial charge in [-0.1, -0.05) is 31.5 Å². The summed E-state index contributed by atoms with van der Waals surface area (Å²) in [4.78, 5) is 0. The van der Waals surface area contributed by atoms with Gasteiger partial charge in [-0.15, -0.1) is 0 Å². The SMILES string of the molecule is CCCc1c(C(F)(F)F)nn(-c2ccccc2)c1N. The van der Waals surface area contributed by atoms with Crippen LogP contribution in [-0.4, -0.2) is 9.78 Å². The molecule has 0 unspecified atom stereocenters. The number of alkyl halides is 3. The van der Waals surface area contributed by atoms with Crippen molar-refractivity contribution in [1.29, 1.82) is 0 Å². The van der Waals surface area contributed by atoms with Crippen LogP contribution in [-0.2, 0) is 12.6 Å². The minimum Gasteiger partial charge on any atom is -0.383 e. The summed E-state index contributed by atoms with van der Waals surface area (Å²) < 4.78 is 40.0. The van der Waals surface area contributed by atoms with Crippen molar-refractivity contribution in [3.05, 3.63) is 41.6 Å². The third kappa shape index (κ3) is 2.57. The fourth-order valence-corrected chi connectivity index (χ4v) is 1.95. The number of benzene rings is 1. The van der Waals surface area contributed by atoms with Crippen molar-refractivity contribution in [2.24, 2.45) is 0 Å². The topological polar surface area (TPSA) is 43.8 Å². The van der Waals surface area contributed by atoms with E-state index in [1.807, 2.05) is 0 Å². The molecule has 1 aromatic heterocycles. The van der Waals surface area contributed by atoms with Gasteiger partial charge >= 0.3 is 6.18 Å². The maximum absolute atomic E-state index is 12.9. The predicted octanol–water partition coefficient (Wildman–Crippen LogP) is 3.43. The molecule has 2 aromatic rings. The summed E-state index contributed by atoms with van der Waals surface area (Å²) in [6, 6.07) is 8.56. The van der Waals surface area contributed by atoms with E-state index < -0.39 is 11.9 Å². The summed E-state index contributed by atoms with van der Waals surface area (Å²) in [6.07, 6.45) is -3.65. The van der Waals surface area contributed by atoms with E-state index in [2.05, 4.69) is 5.10 Å². The number of aromatic nitrogens is 2. The Balaban J connectivity index is 2.59. The van der Waals surface area contributed by atoms with E-state index in [4.69, 9.17) is 5.73 Å². The van der Waals surface area contributed by atoms with Gasteiger partial charge in [-0.2, -0.15) is 18.3 Å². The summed E-state index contributed by atoms with van der Waals surface area (Å²) >= 11 is 0. The van der Waals surface area contributed by atoms with Gasteiger partial charge in [-0.05, 0) is 18.6 Å². The van der Waals surface area contributed by atoms with Crippen LogP contribution < -0.4 is 5.73 Å². The molecule has 2 rings (SSSR count). The van der Waals surface area contributed by atoms with Crippen LogP contribution in [0, 0.1) is 0 Å². The zero-order chi connectivity index (χ0) is 14.0. The zero-order valence-corrected chi connectivity index (χ0v) is 10.4. The van der Waals surface area contributed by atoms with E-state index in [-0.39, 0.29) is 17.8 Å². The quantitative estimate of drug-likeness (QED) is 0.927. The van der Waals surface area contributed by atoms with E-state index in [1.54, 1.807) is 37.3 Å². The highest BCUT2D eigenvalue weighted by molar-refractivity contribution is 5.50. The summed E-state index contributed by atoms with van der Waals surface area (Å²) in [5, 5.41) is 3.64. The molecular weight excluding hydrogens is 255 g/mol. The highest BCUT2D eigenvalue weighted by Gasteiger charge is 2.38. The first-order valence-corrected chi connectivity index (χ1v) is 5.95. The van der Waals surface area contributed by atoms with Crippen molar-refractivity contribution >= 4 is 5.82 Å². The van der Waals surface area contributed by atoms with Crippen LogP contribution in [0.3, 0.4) is 0 Å². The average Bonchev–Trinajstić information content (AvgIpc) is 2.69. The number of halogens is 3. The molecule has 0 fully saturated rings. The lowest BCUT2D eigenvalue weighted by Crippen LogP contribution is -2.09. The number of para-hydroxylation sites is 1. The van der Waals surface area contributed by atoms with Crippen LogP contribution in [0.15, 0.2) is 30.3 Å². The molecule has 0 spiro atoms. The maximum atomic E-state index is 12.9. The Bertz CT molecular complexity index is 559. The van der Waals surface area contributed by atoms with Gasteiger partial charge in [-0.3, -0.25) is 0 Å². The Morgan fingerprint density at radius 2 is 1.84 bits per heavy atom. The molecule has 0 aliphatic carbocycles. The van der Waals surface area contributed by atoms with Crippen LogP contribution in [0.4, 0.5) is 19.0 Å². The highest BCUT2D eigenvalue weighted by Crippen LogP contribution is 2.35. The molecule has 3 nitrogen and oxygen atoms in total. The van der Waals surface area contributed by atoms with Crippen molar-refractivity contribution < 1.29 is 13.2 Å². The smallest absolute Gasteiger partial charge is 0.383 e. The largest absolute Gasteiger partial charge is 0.435 e. The predicted molar refractivity (Wildman–Crippen MR) is 67.0 cm³/mol. The van der Waals surface area contributed by atoms with Crippen LogP contribution in [0.25, 0.3) is 5.69 Å². The first-order chi connectivity index (χ1) is 8.95. The molecule has 0 radical (unpaired) electrons. The van der Waals surface area contributed by atoms with E-state index in [0.29, 0.717) is 12.1 Å². The molecule has 1 heterocycles. The van der Waals surface area contributed by atoms with E-state index >= 15 is 0 Å². The van der Waals surface area contributed by atoms with Gasteiger partial charge in [0.1, 0.15) is 5.82 Å². The number of hydrogen-bond donors (Lipinski definition) is 1. The molecule has 0 saturated heterocycles. The standard InChI is InChI=1S/C13H14F3N3/c1-2-6-10-11(13(14,15)16)18-19(12(10)17)9-7-4-3-5-8-9/h3-5,7-8H,2,6,17H2,1H3. The van der Waals surface area contributed by atoms with Gasteiger partial charge in [0.25, 0.3) is 0 Å². The van der Waals surface area contributed by atoms with Crippen LogP contribution in [0.5, 0.6) is 0 Å². The van der Waals surface area contributed by atoms with Crippen molar-refractivity contribution in [3.8, 4) is 5.69 Å². The molecule has 0 aliphatic rings. The third-order valence-corrected chi connectivity index (χ3v) is 2.79. The molecule has 0 bridgehead atoms. The van der Waals surface area contributed by atoms with Gasteiger partial charge in [-0.25, -0.2) is 4.68 Å². The van der Waals surface area contributed by atoms with Crippen molar-refractivity contribution in [3.63, 3.8) is 0 Å². The normalized spacial score (nSPS) is 11.8. The second-order valence-corrected chi connectivity index (χ2v) is 4.21. The number of hydrogen-bond acceptors (Lipinski definition) is 2. The molecule has 0 amide bonds. The molecule has 1 aromatic carbocycles. The van der Waals surface area contributed by atoms with Gasteiger partial charge < -0.3 is 5.73 Å². The first-order valence-electron chi connectivity index (χ1n) is 5.95. The number of nitrogens with two attached hydrogens (primary N) is 1. The fraction of sp³-hybridized carbons (Fsp3) is 0.308. The summed E-state index contributed by atoms with van der Waals surface area (Å²) in [5.74, 6) is 0.0559. The molecule has 0 saturated carbocycles. The van der Waals surface area contributed by atoms with E-state index in [0.717, 1.165) is 4.68 Å². The van der Waals surface area contributed by atoms with Crippen molar-refractivity contribution in [2.75, 3.05) is 5.73 Å². The Labute approximate surface area is 108 Å². The number of rotatable bonds is 3. The molecule has 19 heavy (non-hydrogen) atoms. The molecule has 0 aliphatic heterocycles. The monoisotopic (exact) mass is 269 g/mol. The first kappa shape index (κ1) is 13.5. The second kappa shape index (κ2) is 4.95. The number of nitrogen functional groups attached to an aromatic ring is 1. The maximum Gasteiger partial charge on any atom is 0.435 e. The van der Waals surface area contributed by atoms with Gasteiger partial charge in [0.15, 0.2) is 5.69 Å². The average molecular weight is 269 g/mol. The summed E-state index contributed by atoms with van der Waals surface area (Å²) in [5.41, 5.74) is 5.52. The number of anilines is 1. The Hall–Kier alpha value is -1.98. The van der Waals surface area contributed by atoms with Gasteiger partial charge in [0.2, 0.25) is 0 Å². The zero-order valence-electron chi connectivity index (χ0n) is 10.4. The van der Waals surface area contributed by atoms with Gasteiger partial charge in [0.05, 0.1) is 5.69 Å². The van der Waals surface area contributed by atoms with Crippen molar-refractivity contribution in [2.45, 2.75) is 25.9 Å². The fourth-order valence-electron chi connectivity index (χ4n) is 1.95. The Morgan fingerprint density at radius 3 is 2.37 bits per heavy atom. The van der Waals surface area contributed by atoms with Gasteiger partial charge in [0, 0.05) is 5.56 Å². The third-order valence-electron chi connectivity index (χ3n) is 2.79. The molecule has 2 N–H and O–H groups in total. The summed E-state index contributed by atoms with van der Waals surface area (Å²) in [6.45, 7) is 1.81. The van der Waals surface area contributed by atoms with Crippen LogP contribution >= 0.6 is 0 Å². The molecule has 0 atom stereocenters. The minimum atomic E-state index is -4.49. The van der Waals surface area contributed by atoms with E-state index in [9.17, 15) is 13.2 Å². The Kier molecular flexibility index (Phi) is 3.50. The summed E-state index contributed by atoms with van der Waals surface area (Å²) in [7, 11) is 0. The lowest BCUT2D eigenvalue weighted by Gasteiger charge is -2.05. The van der Waals surface area contributed by atoms with Crippen molar-refractivity contribution in [1.82, 2.24) is 9.78 Å². The molecule has 6 heteroatoms. The molecule has 102 valence electrons. The van der Waals surface area contributed by atoms with E-state index in [1.165, 1.54) is 0 Å². The van der Waals surface area contributed by atoms with Crippen LogP contribution in [0.2, 0.25) is 0 Å². The lowest BCUT2D eigenvalue weighted by atomic mass is 10.1. The molecular formula is C13H14F3N3. The van der Waals surface area contributed by atoms with Crippen LogP contribution in [0.1, 0.15) is 24.6 Å². The minimum absolute atomic E-state index is 0.0559. The number of nitrogens with zero attached hydrogens (tertiary/aromatic N) is 2. The highest BCUT2D eigenvalue weighted by atomic mass is 19.4. The lowest BCUT2D eigenvalue weighted by molar-refractivity contribution is -0.141. The second-order valence-electron chi connectivity index (χ2n) is 4.21.